The Hall–Kier alpha value is -0.120. The SMILES string of the molecule is CCC1(CN2CCC(COC)C2)CCNCC1. The molecule has 1 unspecified atom stereocenters. The Morgan fingerprint density at radius 2 is 2.12 bits per heavy atom. The molecule has 2 fully saturated rings. The Labute approximate surface area is 106 Å². The normalized spacial score (nSPS) is 29.6. The molecule has 17 heavy (non-hydrogen) atoms. The molecule has 0 aromatic carbocycles. The number of likely N-dealkylation sites (tertiary alicyclic amines) is 1. The van der Waals surface area contributed by atoms with Gasteiger partial charge in [0, 0.05) is 20.2 Å². The van der Waals surface area contributed by atoms with Gasteiger partial charge in [0.15, 0.2) is 0 Å². The third-order valence-electron chi connectivity index (χ3n) is 4.75. The van der Waals surface area contributed by atoms with Gasteiger partial charge in [-0.3, -0.25) is 0 Å². The molecule has 0 aromatic heterocycles. The summed E-state index contributed by atoms with van der Waals surface area (Å²) in [4.78, 5) is 2.68. The predicted molar refractivity (Wildman–Crippen MR) is 71.3 cm³/mol. The van der Waals surface area contributed by atoms with Crippen molar-refractivity contribution in [3.8, 4) is 0 Å². The van der Waals surface area contributed by atoms with E-state index in [1.807, 2.05) is 7.11 Å². The van der Waals surface area contributed by atoms with Gasteiger partial charge in [-0.2, -0.15) is 0 Å². The van der Waals surface area contributed by atoms with Gasteiger partial charge in [-0.25, -0.2) is 0 Å². The maximum absolute atomic E-state index is 5.28. The minimum atomic E-state index is 0.590. The van der Waals surface area contributed by atoms with E-state index >= 15 is 0 Å². The number of ether oxygens (including phenoxy) is 1. The Kier molecular flexibility index (Phi) is 4.83. The third-order valence-corrected chi connectivity index (χ3v) is 4.75. The molecule has 0 radical (unpaired) electrons. The summed E-state index contributed by atoms with van der Waals surface area (Å²) in [5, 5.41) is 3.49. The van der Waals surface area contributed by atoms with Crippen molar-refractivity contribution in [3.63, 3.8) is 0 Å². The van der Waals surface area contributed by atoms with Crippen LogP contribution in [0, 0.1) is 11.3 Å². The maximum atomic E-state index is 5.28. The molecule has 100 valence electrons. The van der Waals surface area contributed by atoms with Crippen molar-refractivity contribution in [2.75, 3.05) is 46.4 Å². The minimum Gasteiger partial charge on any atom is -0.384 e. The van der Waals surface area contributed by atoms with E-state index in [-0.39, 0.29) is 0 Å². The summed E-state index contributed by atoms with van der Waals surface area (Å²) in [5.41, 5.74) is 0.590. The van der Waals surface area contributed by atoms with E-state index in [0.717, 1.165) is 12.5 Å². The highest BCUT2D eigenvalue weighted by molar-refractivity contribution is 4.88. The van der Waals surface area contributed by atoms with Gasteiger partial charge in [-0.05, 0) is 56.7 Å². The molecule has 1 atom stereocenters. The third kappa shape index (κ3) is 3.43. The Balaban J connectivity index is 1.83. The molecule has 2 heterocycles. The molecule has 2 aliphatic rings. The lowest BCUT2D eigenvalue weighted by Crippen LogP contribution is -2.44. The molecular formula is C14H28N2O. The van der Waals surface area contributed by atoms with Gasteiger partial charge in [0.05, 0.1) is 6.61 Å². The summed E-state index contributed by atoms with van der Waals surface area (Å²) in [6.45, 7) is 9.58. The summed E-state index contributed by atoms with van der Waals surface area (Å²) in [7, 11) is 1.82. The van der Waals surface area contributed by atoms with E-state index < -0.39 is 0 Å². The number of methoxy groups -OCH3 is 1. The van der Waals surface area contributed by atoms with E-state index in [9.17, 15) is 0 Å². The van der Waals surface area contributed by atoms with E-state index in [1.165, 1.54) is 58.4 Å². The first-order valence-electron chi connectivity index (χ1n) is 7.20. The van der Waals surface area contributed by atoms with Crippen LogP contribution in [0.4, 0.5) is 0 Å². The van der Waals surface area contributed by atoms with Crippen LogP contribution in [-0.4, -0.2) is 51.3 Å². The van der Waals surface area contributed by atoms with Crippen molar-refractivity contribution < 1.29 is 4.74 Å². The smallest absolute Gasteiger partial charge is 0.0503 e. The molecule has 0 saturated carbocycles. The molecule has 3 heteroatoms. The van der Waals surface area contributed by atoms with Crippen LogP contribution in [0.5, 0.6) is 0 Å². The molecule has 2 aliphatic heterocycles. The highest BCUT2D eigenvalue weighted by atomic mass is 16.5. The average Bonchev–Trinajstić information content (AvgIpc) is 2.78. The van der Waals surface area contributed by atoms with Crippen molar-refractivity contribution in [2.45, 2.75) is 32.6 Å². The molecule has 0 amide bonds. The standard InChI is InChI=1S/C14H28N2O/c1-3-14(5-7-15-8-6-14)12-16-9-4-13(10-16)11-17-2/h13,15H,3-12H2,1-2H3. The van der Waals surface area contributed by atoms with Crippen LogP contribution in [0.15, 0.2) is 0 Å². The summed E-state index contributed by atoms with van der Waals surface area (Å²) < 4.78 is 5.28. The number of nitrogens with zero attached hydrogens (tertiary/aromatic N) is 1. The van der Waals surface area contributed by atoms with Crippen LogP contribution in [-0.2, 0) is 4.74 Å². The zero-order chi connectivity index (χ0) is 12.1. The van der Waals surface area contributed by atoms with Crippen LogP contribution in [0.2, 0.25) is 0 Å². The molecular weight excluding hydrogens is 212 g/mol. The summed E-state index contributed by atoms with van der Waals surface area (Å²) in [6, 6.07) is 0. The second-order valence-corrected chi connectivity index (χ2v) is 5.95. The van der Waals surface area contributed by atoms with Crippen molar-refractivity contribution in [1.29, 1.82) is 0 Å². The predicted octanol–water partition coefficient (Wildman–Crippen LogP) is 1.73. The molecule has 0 bridgehead atoms. The highest BCUT2D eigenvalue weighted by Crippen LogP contribution is 2.34. The second kappa shape index (κ2) is 6.17. The lowest BCUT2D eigenvalue weighted by molar-refractivity contribution is 0.110. The van der Waals surface area contributed by atoms with Gasteiger partial charge in [-0.1, -0.05) is 6.92 Å². The minimum absolute atomic E-state index is 0.590. The Morgan fingerprint density at radius 1 is 1.35 bits per heavy atom. The highest BCUT2D eigenvalue weighted by Gasteiger charge is 2.34. The zero-order valence-electron chi connectivity index (χ0n) is 11.5. The average molecular weight is 240 g/mol. The Morgan fingerprint density at radius 3 is 2.76 bits per heavy atom. The fraction of sp³-hybridized carbons (Fsp3) is 1.00. The fourth-order valence-corrected chi connectivity index (χ4v) is 3.48. The molecule has 0 aromatic rings. The van der Waals surface area contributed by atoms with E-state index in [4.69, 9.17) is 4.74 Å². The zero-order valence-corrected chi connectivity index (χ0v) is 11.5. The van der Waals surface area contributed by atoms with Crippen LogP contribution in [0.25, 0.3) is 0 Å². The number of piperidine rings is 1. The van der Waals surface area contributed by atoms with Gasteiger partial charge < -0.3 is 15.0 Å². The summed E-state index contributed by atoms with van der Waals surface area (Å²) in [5.74, 6) is 0.774. The van der Waals surface area contributed by atoms with Gasteiger partial charge >= 0.3 is 0 Å². The van der Waals surface area contributed by atoms with Crippen molar-refractivity contribution in [1.82, 2.24) is 10.2 Å². The maximum Gasteiger partial charge on any atom is 0.0503 e. The quantitative estimate of drug-likeness (QED) is 0.792. The fourth-order valence-electron chi connectivity index (χ4n) is 3.48. The van der Waals surface area contributed by atoms with Crippen LogP contribution in [0.3, 0.4) is 0 Å². The van der Waals surface area contributed by atoms with Crippen molar-refractivity contribution in [2.24, 2.45) is 11.3 Å². The second-order valence-electron chi connectivity index (χ2n) is 5.95. The number of nitrogens with one attached hydrogen (secondary N) is 1. The Bertz CT molecular complexity index is 226. The van der Waals surface area contributed by atoms with Crippen molar-refractivity contribution in [3.05, 3.63) is 0 Å². The van der Waals surface area contributed by atoms with Gasteiger partial charge in [0.25, 0.3) is 0 Å². The molecule has 0 aliphatic carbocycles. The van der Waals surface area contributed by atoms with Gasteiger partial charge in [0.2, 0.25) is 0 Å². The molecule has 1 N–H and O–H groups in total. The monoisotopic (exact) mass is 240 g/mol. The van der Waals surface area contributed by atoms with E-state index in [0.29, 0.717) is 5.41 Å². The van der Waals surface area contributed by atoms with Crippen LogP contribution >= 0.6 is 0 Å². The lowest BCUT2D eigenvalue weighted by atomic mass is 9.76. The van der Waals surface area contributed by atoms with Gasteiger partial charge in [-0.15, -0.1) is 0 Å². The van der Waals surface area contributed by atoms with E-state index in [2.05, 4.69) is 17.1 Å². The van der Waals surface area contributed by atoms with E-state index in [1.54, 1.807) is 0 Å². The molecule has 0 spiro atoms. The number of hydrogen-bond acceptors (Lipinski definition) is 3. The van der Waals surface area contributed by atoms with Crippen molar-refractivity contribution >= 4 is 0 Å². The lowest BCUT2D eigenvalue weighted by Gasteiger charge is -2.40. The molecule has 3 nitrogen and oxygen atoms in total. The van der Waals surface area contributed by atoms with Gasteiger partial charge in [0.1, 0.15) is 0 Å². The van der Waals surface area contributed by atoms with Crippen LogP contribution < -0.4 is 5.32 Å². The first kappa shape index (κ1) is 13.3. The summed E-state index contributed by atoms with van der Waals surface area (Å²) in [6.07, 6.45) is 5.37. The molecule has 2 rings (SSSR count). The topological polar surface area (TPSA) is 24.5 Å². The largest absolute Gasteiger partial charge is 0.384 e. The first-order valence-corrected chi connectivity index (χ1v) is 7.20. The number of hydrogen-bond donors (Lipinski definition) is 1. The number of rotatable bonds is 5. The van der Waals surface area contributed by atoms with Crippen LogP contribution in [0.1, 0.15) is 32.6 Å². The molecule has 2 saturated heterocycles. The summed E-state index contributed by atoms with van der Waals surface area (Å²) >= 11 is 0. The first-order chi connectivity index (χ1) is 8.28.